The van der Waals surface area contributed by atoms with Gasteiger partial charge in [0.15, 0.2) is 0 Å². The predicted octanol–water partition coefficient (Wildman–Crippen LogP) is 1.79. The molecule has 1 aliphatic heterocycles. The maximum absolute atomic E-state index is 13.9. The number of carbonyl (C=O) groups is 1. The van der Waals surface area contributed by atoms with Gasteiger partial charge in [-0.25, -0.2) is 8.91 Å². The number of amides is 1. The molecule has 2 aromatic heterocycles. The number of primary amides is 1. The molecular weight excluding hydrogens is 361 g/mol. The minimum atomic E-state index is -0.701. The monoisotopic (exact) mass is 385 g/mol. The van der Waals surface area contributed by atoms with E-state index in [-0.39, 0.29) is 12.2 Å². The summed E-state index contributed by atoms with van der Waals surface area (Å²) in [5, 5.41) is 14.8. The average Bonchev–Trinajstić information content (AvgIpc) is 3.28. The number of piperidine rings is 1. The van der Waals surface area contributed by atoms with E-state index in [9.17, 15) is 14.3 Å². The second kappa shape index (κ2) is 6.28. The number of H-pyrrole nitrogens is 1. The molecule has 1 saturated heterocycles. The molecule has 0 atom stereocenters. The van der Waals surface area contributed by atoms with E-state index in [1.54, 1.807) is 10.7 Å². The van der Waals surface area contributed by atoms with Crippen LogP contribution in [0.4, 0.5) is 4.39 Å². The molecule has 8 heteroatoms. The Morgan fingerprint density at radius 3 is 2.75 bits per heavy atom. The van der Waals surface area contributed by atoms with Gasteiger partial charge in [0.1, 0.15) is 17.0 Å². The maximum Gasteiger partial charge on any atom is 0.251 e. The SMILES string of the molecule is NC(=O)c1cc(F)cc2[nH]c3c(C4(CO)CCN(CC5CC5)CC4)cnn3c12. The number of fused-ring (bicyclic) bond motifs is 3. The molecule has 1 amide bonds. The first-order chi connectivity index (χ1) is 13.5. The number of aromatic nitrogens is 3. The highest BCUT2D eigenvalue weighted by atomic mass is 19.1. The number of nitrogens with two attached hydrogens (primary N) is 1. The Morgan fingerprint density at radius 1 is 1.36 bits per heavy atom. The molecule has 0 spiro atoms. The molecule has 28 heavy (non-hydrogen) atoms. The summed E-state index contributed by atoms with van der Waals surface area (Å²) in [4.78, 5) is 17.5. The lowest BCUT2D eigenvalue weighted by atomic mass is 9.74. The van der Waals surface area contributed by atoms with Crippen LogP contribution in [0.25, 0.3) is 16.7 Å². The van der Waals surface area contributed by atoms with Crippen LogP contribution >= 0.6 is 0 Å². The zero-order valence-electron chi connectivity index (χ0n) is 15.6. The molecular formula is C20H24FN5O2. The van der Waals surface area contributed by atoms with Crippen molar-refractivity contribution in [2.24, 2.45) is 11.7 Å². The van der Waals surface area contributed by atoms with Crippen LogP contribution in [0.2, 0.25) is 0 Å². The number of benzene rings is 1. The summed E-state index contributed by atoms with van der Waals surface area (Å²) in [5.41, 5.74) is 7.69. The van der Waals surface area contributed by atoms with E-state index in [0.717, 1.165) is 50.0 Å². The van der Waals surface area contributed by atoms with Crippen molar-refractivity contribution in [2.75, 3.05) is 26.2 Å². The van der Waals surface area contributed by atoms with E-state index in [4.69, 9.17) is 5.73 Å². The number of hydrogen-bond donors (Lipinski definition) is 3. The highest BCUT2D eigenvalue weighted by Crippen LogP contribution is 2.39. The van der Waals surface area contributed by atoms with Crippen LogP contribution in [0, 0.1) is 11.7 Å². The van der Waals surface area contributed by atoms with Crippen LogP contribution in [-0.4, -0.2) is 56.8 Å². The number of rotatable bonds is 5. The first-order valence-electron chi connectivity index (χ1n) is 9.83. The molecule has 0 bridgehead atoms. The lowest BCUT2D eigenvalue weighted by Crippen LogP contribution is -2.45. The van der Waals surface area contributed by atoms with Gasteiger partial charge in [0.05, 0.1) is 23.9 Å². The minimum absolute atomic E-state index is 0.0258. The Morgan fingerprint density at radius 2 is 2.11 bits per heavy atom. The second-order valence-electron chi connectivity index (χ2n) is 8.34. The fourth-order valence-electron chi connectivity index (χ4n) is 4.61. The third-order valence-electron chi connectivity index (χ3n) is 6.47. The summed E-state index contributed by atoms with van der Waals surface area (Å²) in [6, 6.07) is 2.47. The van der Waals surface area contributed by atoms with E-state index in [2.05, 4.69) is 15.0 Å². The lowest BCUT2D eigenvalue weighted by Gasteiger charge is -2.40. The maximum atomic E-state index is 13.9. The van der Waals surface area contributed by atoms with Gasteiger partial charge in [-0.15, -0.1) is 0 Å². The summed E-state index contributed by atoms with van der Waals surface area (Å²) in [7, 11) is 0. The normalized spacial score (nSPS) is 20.2. The van der Waals surface area contributed by atoms with Crippen molar-refractivity contribution in [3.63, 3.8) is 0 Å². The van der Waals surface area contributed by atoms with Crippen molar-refractivity contribution < 1.29 is 14.3 Å². The Balaban J connectivity index is 1.57. The van der Waals surface area contributed by atoms with Crippen molar-refractivity contribution in [1.82, 2.24) is 19.5 Å². The summed E-state index contributed by atoms with van der Waals surface area (Å²) >= 11 is 0. The van der Waals surface area contributed by atoms with Gasteiger partial charge in [-0.3, -0.25) is 4.79 Å². The molecule has 148 valence electrons. The van der Waals surface area contributed by atoms with Crippen LogP contribution in [0.5, 0.6) is 0 Å². The van der Waals surface area contributed by atoms with Gasteiger partial charge in [-0.1, -0.05) is 0 Å². The van der Waals surface area contributed by atoms with Crippen molar-refractivity contribution >= 4 is 22.6 Å². The number of aliphatic hydroxyl groups excluding tert-OH is 1. The van der Waals surface area contributed by atoms with Crippen LogP contribution in [0.3, 0.4) is 0 Å². The average molecular weight is 385 g/mol. The number of likely N-dealkylation sites (tertiary alicyclic amines) is 1. The van der Waals surface area contributed by atoms with Crippen LogP contribution in [-0.2, 0) is 5.41 Å². The van der Waals surface area contributed by atoms with Gasteiger partial charge in [0, 0.05) is 17.5 Å². The molecule has 3 heterocycles. The Hall–Kier alpha value is -2.45. The zero-order chi connectivity index (χ0) is 19.5. The van der Waals surface area contributed by atoms with E-state index in [0.29, 0.717) is 16.7 Å². The van der Waals surface area contributed by atoms with Crippen LogP contribution < -0.4 is 5.73 Å². The lowest BCUT2D eigenvalue weighted by molar-refractivity contribution is 0.0993. The number of aliphatic hydroxyl groups is 1. The third kappa shape index (κ3) is 2.70. The Bertz CT molecular complexity index is 1060. The van der Waals surface area contributed by atoms with E-state index < -0.39 is 17.1 Å². The molecule has 2 aliphatic rings. The predicted molar refractivity (Wildman–Crippen MR) is 103 cm³/mol. The number of imidazole rings is 1. The van der Waals surface area contributed by atoms with Gasteiger partial charge in [-0.2, -0.15) is 5.10 Å². The van der Waals surface area contributed by atoms with E-state index in [1.807, 2.05) is 0 Å². The van der Waals surface area contributed by atoms with Crippen LogP contribution in [0.15, 0.2) is 18.3 Å². The van der Waals surface area contributed by atoms with Gasteiger partial charge in [0.2, 0.25) is 0 Å². The minimum Gasteiger partial charge on any atom is -0.395 e. The first-order valence-corrected chi connectivity index (χ1v) is 9.83. The van der Waals surface area contributed by atoms with Gasteiger partial charge in [0.25, 0.3) is 5.91 Å². The zero-order valence-corrected chi connectivity index (χ0v) is 15.6. The summed E-state index contributed by atoms with van der Waals surface area (Å²) < 4.78 is 15.5. The molecule has 5 rings (SSSR count). The van der Waals surface area contributed by atoms with E-state index in [1.165, 1.54) is 18.9 Å². The topological polar surface area (TPSA) is 99.6 Å². The molecule has 7 nitrogen and oxygen atoms in total. The van der Waals surface area contributed by atoms with Gasteiger partial charge in [-0.05, 0) is 56.8 Å². The second-order valence-corrected chi connectivity index (χ2v) is 8.34. The first kappa shape index (κ1) is 17.6. The largest absolute Gasteiger partial charge is 0.395 e. The number of halogens is 1. The van der Waals surface area contributed by atoms with E-state index >= 15 is 0 Å². The smallest absolute Gasteiger partial charge is 0.251 e. The number of carbonyl (C=O) groups excluding carboxylic acids is 1. The molecule has 1 saturated carbocycles. The fraction of sp³-hybridized carbons (Fsp3) is 0.500. The summed E-state index contributed by atoms with van der Waals surface area (Å²) in [6.45, 7) is 3.06. The molecule has 1 aliphatic carbocycles. The Kier molecular flexibility index (Phi) is 3.96. The van der Waals surface area contributed by atoms with Gasteiger partial charge < -0.3 is 20.7 Å². The van der Waals surface area contributed by atoms with Crippen molar-refractivity contribution in [1.29, 1.82) is 0 Å². The molecule has 0 unspecified atom stereocenters. The van der Waals surface area contributed by atoms with Gasteiger partial charge >= 0.3 is 0 Å². The molecule has 0 radical (unpaired) electrons. The van der Waals surface area contributed by atoms with Crippen molar-refractivity contribution in [2.45, 2.75) is 31.1 Å². The Labute approximate surface area is 161 Å². The quantitative estimate of drug-likeness (QED) is 0.623. The van der Waals surface area contributed by atoms with Crippen molar-refractivity contribution in [3.05, 3.63) is 35.3 Å². The number of aromatic amines is 1. The molecule has 4 N–H and O–H groups in total. The molecule has 3 aromatic rings. The third-order valence-corrected chi connectivity index (χ3v) is 6.47. The van der Waals surface area contributed by atoms with Crippen LogP contribution in [0.1, 0.15) is 41.6 Å². The highest BCUT2D eigenvalue weighted by molar-refractivity contribution is 6.05. The number of nitrogens with one attached hydrogen (secondary N) is 1. The van der Waals surface area contributed by atoms with Crippen molar-refractivity contribution in [3.8, 4) is 0 Å². The summed E-state index contributed by atoms with van der Waals surface area (Å²) in [5.74, 6) is -0.384. The standard InChI is InChI=1S/C20H24FN5O2/c21-13-7-14(18(22)28)17-16(8-13)24-19-15(9-23-26(17)19)20(11-27)3-5-25(6-4-20)10-12-1-2-12/h7-9,12,24,27H,1-6,10-11H2,(H2,22,28). The summed E-state index contributed by atoms with van der Waals surface area (Å²) in [6.07, 6.45) is 6.10. The number of nitrogens with zero attached hydrogens (tertiary/aromatic N) is 3. The molecule has 2 fully saturated rings. The molecule has 1 aromatic carbocycles. The fourth-order valence-corrected chi connectivity index (χ4v) is 4.61. The number of hydrogen-bond acceptors (Lipinski definition) is 4. The highest BCUT2D eigenvalue weighted by Gasteiger charge is 2.39.